The lowest BCUT2D eigenvalue weighted by Crippen LogP contribution is -2.24. The normalized spacial score (nSPS) is 10.1. The molecule has 1 aromatic carbocycles. The summed E-state index contributed by atoms with van der Waals surface area (Å²) in [7, 11) is 1.50. The molecule has 114 valence electrons. The lowest BCUT2D eigenvalue weighted by atomic mass is 10.1. The van der Waals surface area contributed by atoms with E-state index in [9.17, 15) is 9.59 Å². The van der Waals surface area contributed by atoms with E-state index in [-0.39, 0.29) is 18.0 Å². The van der Waals surface area contributed by atoms with E-state index >= 15 is 0 Å². The van der Waals surface area contributed by atoms with Crippen molar-refractivity contribution < 1.29 is 19.4 Å². The molecule has 0 aliphatic heterocycles. The Bertz CT molecular complexity index is 713. The largest absolute Gasteiger partial charge is 0.496 e. The maximum atomic E-state index is 12.2. The van der Waals surface area contributed by atoms with Crippen LogP contribution < -0.4 is 10.1 Å². The summed E-state index contributed by atoms with van der Waals surface area (Å²) in [6, 6.07) is 8.14. The van der Waals surface area contributed by atoms with E-state index in [0.717, 1.165) is 5.56 Å². The Labute approximate surface area is 127 Å². The molecule has 0 fully saturated rings. The van der Waals surface area contributed by atoms with Crippen LogP contribution in [0.2, 0.25) is 0 Å². The molecule has 0 bridgehead atoms. The molecule has 2 aromatic rings. The molecule has 0 atom stereocenters. The maximum absolute atomic E-state index is 12.2. The molecule has 0 unspecified atom stereocenters. The summed E-state index contributed by atoms with van der Waals surface area (Å²) in [6.45, 7) is 2.02. The molecule has 6 nitrogen and oxygen atoms in total. The molecule has 0 aliphatic rings. The molecule has 0 saturated heterocycles. The summed E-state index contributed by atoms with van der Waals surface area (Å²) in [5, 5.41) is 11.6. The third kappa shape index (κ3) is 3.60. The number of methoxy groups -OCH3 is 1. The number of nitrogens with zero attached hydrogens (tertiary/aromatic N) is 1. The van der Waals surface area contributed by atoms with Gasteiger partial charge in [0.15, 0.2) is 0 Å². The topological polar surface area (TPSA) is 88.5 Å². The highest BCUT2D eigenvalue weighted by molar-refractivity contribution is 5.97. The third-order valence-corrected chi connectivity index (χ3v) is 3.09. The van der Waals surface area contributed by atoms with Crippen LogP contribution in [-0.4, -0.2) is 29.1 Å². The minimum Gasteiger partial charge on any atom is -0.496 e. The summed E-state index contributed by atoms with van der Waals surface area (Å²) >= 11 is 0. The molecule has 1 heterocycles. The number of carbonyl (C=O) groups is 2. The Balaban J connectivity index is 2.12. The average Bonchev–Trinajstić information content (AvgIpc) is 2.52. The number of aromatic nitrogens is 1. The van der Waals surface area contributed by atoms with Crippen molar-refractivity contribution in [2.24, 2.45) is 0 Å². The van der Waals surface area contributed by atoms with Crippen molar-refractivity contribution in [3.05, 3.63) is 58.9 Å². The van der Waals surface area contributed by atoms with E-state index in [1.165, 1.54) is 25.4 Å². The molecular weight excluding hydrogens is 284 g/mol. The molecule has 0 aliphatic carbocycles. The molecule has 1 amide bonds. The van der Waals surface area contributed by atoms with Gasteiger partial charge in [0.25, 0.3) is 5.91 Å². The fourth-order valence-electron chi connectivity index (χ4n) is 1.97. The second-order valence-electron chi connectivity index (χ2n) is 4.73. The number of carboxylic acids is 1. The molecule has 1 aromatic heterocycles. The maximum Gasteiger partial charge on any atom is 0.335 e. The first-order valence-corrected chi connectivity index (χ1v) is 6.62. The number of nitrogens with one attached hydrogen (secondary N) is 1. The van der Waals surface area contributed by atoms with Gasteiger partial charge in [-0.2, -0.15) is 0 Å². The van der Waals surface area contributed by atoms with E-state index in [1.54, 1.807) is 12.1 Å². The van der Waals surface area contributed by atoms with Gasteiger partial charge in [0.05, 0.1) is 30.5 Å². The summed E-state index contributed by atoms with van der Waals surface area (Å²) in [4.78, 5) is 27.2. The fourth-order valence-corrected chi connectivity index (χ4v) is 1.97. The number of carbonyl (C=O) groups excluding carboxylic acids is 1. The number of amides is 1. The third-order valence-electron chi connectivity index (χ3n) is 3.09. The van der Waals surface area contributed by atoms with Gasteiger partial charge in [-0.3, -0.25) is 9.78 Å². The van der Waals surface area contributed by atoms with E-state index in [4.69, 9.17) is 9.84 Å². The SMILES string of the molecule is COc1ccc(C)cc1C(=O)NCc1cc(C(=O)O)ccn1. The van der Waals surface area contributed by atoms with Gasteiger partial charge < -0.3 is 15.2 Å². The highest BCUT2D eigenvalue weighted by Crippen LogP contribution is 2.19. The van der Waals surface area contributed by atoms with Crippen LogP contribution in [0.15, 0.2) is 36.5 Å². The Morgan fingerprint density at radius 2 is 2.05 bits per heavy atom. The molecular formula is C16H16N2O4. The van der Waals surface area contributed by atoms with Gasteiger partial charge in [-0.1, -0.05) is 11.6 Å². The zero-order valence-corrected chi connectivity index (χ0v) is 12.3. The van der Waals surface area contributed by atoms with Crippen LogP contribution in [0.3, 0.4) is 0 Å². The lowest BCUT2D eigenvalue weighted by molar-refractivity contribution is 0.0696. The minimum absolute atomic E-state index is 0.132. The highest BCUT2D eigenvalue weighted by atomic mass is 16.5. The highest BCUT2D eigenvalue weighted by Gasteiger charge is 2.13. The van der Waals surface area contributed by atoms with Gasteiger partial charge in [0.2, 0.25) is 0 Å². The lowest BCUT2D eigenvalue weighted by Gasteiger charge is -2.10. The summed E-state index contributed by atoms with van der Waals surface area (Å²) in [5.74, 6) is -0.853. The van der Waals surface area contributed by atoms with Crippen LogP contribution in [0, 0.1) is 6.92 Å². The van der Waals surface area contributed by atoms with Crippen molar-refractivity contribution in [1.82, 2.24) is 10.3 Å². The summed E-state index contributed by atoms with van der Waals surface area (Å²) < 4.78 is 5.17. The first kappa shape index (κ1) is 15.5. The smallest absolute Gasteiger partial charge is 0.335 e. The van der Waals surface area contributed by atoms with Crippen LogP contribution in [-0.2, 0) is 6.54 Å². The number of hydrogen-bond acceptors (Lipinski definition) is 4. The summed E-state index contributed by atoms with van der Waals surface area (Å²) in [5.41, 5.74) is 1.97. The van der Waals surface area contributed by atoms with Crippen molar-refractivity contribution in [3.63, 3.8) is 0 Å². The van der Waals surface area contributed by atoms with Crippen molar-refractivity contribution >= 4 is 11.9 Å². The molecule has 0 spiro atoms. The summed E-state index contributed by atoms with van der Waals surface area (Å²) in [6.07, 6.45) is 1.40. The second kappa shape index (κ2) is 6.71. The van der Waals surface area contributed by atoms with Crippen molar-refractivity contribution in [3.8, 4) is 5.75 Å². The number of carboxylic acid groups (broad SMARTS) is 1. The van der Waals surface area contributed by atoms with Gasteiger partial charge >= 0.3 is 5.97 Å². The first-order chi connectivity index (χ1) is 10.5. The van der Waals surface area contributed by atoms with E-state index < -0.39 is 5.97 Å². The molecule has 2 N–H and O–H groups in total. The van der Waals surface area contributed by atoms with Crippen LogP contribution in [0.5, 0.6) is 5.75 Å². The van der Waals surface area contributed by atoms with Crippen molar-refractivity contribution in [2.75, 3.05) is 7.11 Å². The predicted octanol–water partition coefficient (Wildman–Crippen LogP) is 2.03. The standard InChI is InChI=1S/C16H16N2O4/c1-10-3-4-14(22-2)13(7-10)15(19)18-9-12-8-11(16(20)21)5-6-17-12/h3-8H,9H2,1-2H3,(H,18,19)(H,20,21). The van der Waals surface area contributed by atoms with Crippen LogP contribution in [0.4, 0.5) is 0 Å². The predicted molar refractivity (Wildman–Crippen MR) is 80.1 cm³/mol. The van der Waals surface area contributed by atoms with Crippen molar-refractivity contribution in [2.45, 2.75) is 13.5 Å². The molecule has 6 heteroatoms. The number of hydrogen-bond donors (Lipinski definition) is 2. The Kier molecular flexibility index (Phi) is 4.73. The average molecular weight is 300 g/mol. The van der Waals surface area contributed by atoms with E-state index in [1.807, 2.05) is 13.0 Å². The number of aromatic carboxylic acids is 1. The quantitative estimate of drug-likeness (QED) is 0.882. The van der Waals surface area contributed by atoms with Gasteiger partial charge in [0.1, 0.15) is 5.75 Å². The number of pyridine rings is 1. The number of benzene rings is 1. The minimum atomic E-state index is -1.03. The molecule has 2 rings (SSSR count). The van der Waals surface area contributed by atoms with Crippen LogP contribution in [0.25, 0.3) is 0 Å². The molecule has 0 saturated carbocycles. The van der Waals surface area contributed by atoms with Gasteiger partial charge in [-0.05, 0) is 31.2 Å². The number of aryl methyl sites for hydroxylation is 1. The first-order valence-electron chi connectivity index (χ1n) is 6.62. The van der Waals surface area contributed by atoms with Gasteiger partial charge in [0, 0.05) is 6.20 Å². The molecule has 0 radical (unpaired) electrons. The zero-order chi connectivity index (χ0) is 16.1. The van der Waals surface area contributed by atoms with E-state index in [0.29, 0.717) is 17.0 Å². The Morgan fingerprint density at radius 3 is 2.73 bits per heavy atom. The second-order valence-corrected chi connectivity index (χ2v) is 4.73. The Hall–Kier alpha value is -2.89. The Morgan fingerprint density at radius 1 is 1.27 bits per heavy atom. The monoisotopic (exact) mass is 300 g/mol. The number of rotatable bonds is 5. The zero-order valence-electron chi connectivity index (χ0n) is 12.3. The fraction of sp³-hybridized carbons (Fsp3) is 0.188. The van der Waals surface area contributed by atoms with Crippen molar-refractivity contribution in [1.29, 1.82) is 0 Å². The van der Waals surface area contributed by atoms with Gasteiger partial charge in [-0.15, -0.1) is 0 Å². The van der Waals surface area contributed by atoms with Crippen LogP contribution >= 0.6 is 0 Å². The molecule has 22 heavy (non-hydrogen) atoms. The van der Waals surface area contributed by atoms with Crippen LogP contribution in [0.1, 0.15) is 32.0 Å². The van der Waals surface area contributed by atoms with Gasteiger partial charge in [-0.25, -0.2) is 4.79 Å². The van der Waals surface area contributed by atoms with E-state index in [2.05, 4.69) is 10.3 Å². The number of ether oxygens (including phenoxy) is 1.